The summed E-state index contributed by atoms with van der Waals surface area (Å²) in [5.41, 5.74) is 3.01. The van der Waals surface area contributed by atoms with Gasteiger partial charge < -0.3 is 14.7 Å². The van der Waals surface area contributed by atoms with Gasteiger partial charge in [-0.25, -0.2) is 0 Å². The molecule has 21 heavy (non-hydrogen) atoms. The van der Waals surface area contributed by atoms with E-state index in [-0.39, 0.29) is 5.41 Å². The maximum Gasteiger partial charge on any atom is 0.165 e. The van der Waals surface area contributed by atoms with Gasteiger partial charge in [-0.1, -0.05) is 6.07 Å². The summed E-state index contributed by atoms with van der Waals surface area (Å²) in [5.74, 6) is 1.89. The Labute approximate surface area is 125 Å². The molecule has 3 nitrogen and oxygen atoms in total. The number of nitrogens with zero attached hydrogens (tertiary/aromatic N) is 1. The van der Waals surface area contributed by atoms with Crippen molar-refractivity contribution in [2.75, 3.05) is 13.6 Å². The number of phenolic OH excluding ortho intramolecular Hbond substituents is 1. The second-order valence-electron chi connectivity index (χ2n) is 7.49. The van der Waals surface area contributed by atoms with Crippen LogP contribution < -0.4 is 4.74 Å². The van der Waals surface area contributed by atoms with Gasteiger partial charge in [0.25, 0.3) is 0 Å². The van der Waals surface area contributed by atoms with Gasteiger partial charge in [0.1, 0.15) is 6.10 Å². The quantitative estimate of drug-likeness (QED) is 0.795. The van der Waals surface area contributed by atoms with E-state index in [2.05, 4.69) is 18.0 Å². The Bertz CT molecular complexity index is 613. The Morgan fingerprint density at radius 3 is 3.10 bits per heavy atom. The van der Waals surface area contributed by atoms with Crippen LogP contribution in [0.25, 0.3) is 0 Å². The van der Waals surface area contributed by atoms with E-state index in [1.807, 2.05) is 6.07 Å². The summed E-state index contributed by atoms with van der Waals surface area (Å²) in [6, 6.07) is 4.65. The lowest BCUT2D eigenvalue weighted by Gasteiger charge is -2.51. The normalized spacial score (nSPS) is 40.3. The van der Waals surface area contributed by atoms with Crippen LogP contribution in [-0.4, -0.2) is 35.7 Å². The Kier molecular flexibility index (Phi) is 2.32. The molecular weight excluding hydrogens is 262 g/mol. The van der Waals surface area contributed by atoms with Gasteiger partial charge >= 0.3 is 0 Å². The van der Waals surface area contributed by atoms with Gasteiger partial charge in [0.2, 0.25) is 0 Å². The van der Waals surface area contributed by atoms with Crippen LogP contribution in [0.15, 0.2) is 12.1 Å². The lowest BCUT2D eigenvalue weighted by Crippen LogP contribution is -2.56. The molecule has 1 aromatic carbocycles. The van der Waals surface area contributed by atoms with Gasteiger partial charge in [-0.3, -0.25) is 0 Å². The van der Waals surface area contributed by atoms with Crippen LogP contribution in [0.5, 0.6) is 11.5 Å². The van der Waals surface area contributed by atoms with E-state index in [0.717, 1.165) is 18.6 Å². The third kappa shape index (κ3) is 1.34. The van der Waals surface area contributed by atoms with Gasteiger partial charge in [-0.2, -0.15) is 0 Å². The minimum Gasteiger partial charge on any atom is -0.504 e. The van der Waals surface area contributed by atoms with Crippen LogP contribution in [0.2, 0.25) is 0 Å². The lowest BCUT2D eigenvalue weighted by atomic mass is 9.54. The highest BCUT2D eigenvalue weighted by Crippen LogP contribution is 2.63. The number of hydrogen-bond donors (Lipinski definition) is 1. The molecule has 5 rings (SSSR count). The molecule has 0 radical (unpaired) electrons. The molecule has 2 aliphatic heterocycles. The molecule has 4 aliphatic rings. The highest BCUT2D eigenvalue weighted by Gasteiger charge is 2.61. The van der Waals surface area contributed by atoms with Gasteiger partial charge in [-0.15, -0.1) is 0 Å². The first-order chi connectivity index (χ1) is 10.2. The molecule has 0 aromatic heterocycles. The summed E-state index contributed by atoms with van der Waals surface area (Å²) in [4.78, 5) is 2.59. The molecule has 2 heterocycles. The van der Waals surface area contributed by atoms with Crippen molar-refractivity contribution in [3.63, 3.8) is 0 Å². The van der Waals surface area contributed by atoms with Crippen molar-refractivity contribution >= 4 is 0 Å². The summed E-state index contributed by atoms with van der Waals surface area (Å²) < 4.78 is 6.33. The van der Waals surface area contributed by atoms with Crippen molar-refractivity contribution in [3.05, 3.63) is 23.3 Å². The van der Waals surface area contributed by atoms with E-state index in [1.165, 1.54) is 43.4 Å². The molecule has 112 valence electrons. The van der Waals surface area contributed by atoms with Gasteiger partial charge in [0, 0.05) is 17.0 Å². The number of aromatic hydroxyl groups is 1. The first-order valence-electron chi connectivity index (χ1n) is 8.44. The largest absolute Gasteiger partial charge is 0.504 e. The average molecular weight is 285 g/mol. The monoisotopic (exact) mass is 285 g/mol. The van der Waals surface area contributed by atoms with Crippen LogP contribution in [0.3, 0.4) is 0 Å². The molecule has 1 saturated carbocycles. The van der Waals surface area contributed by atoms with Crippen LogP contribution >= 0.6 is 0 Å². The summed E-state index contributed by atoms with van der Waals surface area (Å²) in [7, 11) is 2.30. The topological polar surface area (TPSA) is 32.7 Å². The highest BCUT2D eigenvalue weighted by molar-refractivity contribution is 5.60. The minimum atomic E-state index is 0.190. The second kappa shape index (κ2) is 3.95. The number of rotatable bonds is 0. The molecule has 2 fully saturated rings. The first-order valence-corrected chi connectivity index (χ1v) is 8.44. The molecule has 1 N–H and O–H groups in total. The molecule has 3 heteroatoms. The van der Waals surface area contributed by atoms with Crippen LogP contribution in [-0.2, 0) is 11.8 Å². The zero-order chi connectivity index (χ0) is 14.2. The molecule has 1 aromatic rings. The average Bonchev–Trinajstić information content (AvgIpc) is 2.78. The number of phenols is 1. The maximum absolute atomic E-state index is 10.3. The smallest absolute Gasteiger partial charge is 0.165 e. The van der Waals surface area contributed by atoms with E-state index >= 15 is 0 Å². The fraction of sp³-hybridized carbons (Fsp3) is 0.667. The Balaban J connectivity index is 1.81. The van der Waals surface area contributed by atoms with E-state index in [1.54, 1.807) is 0 Å². The zero-order valence-electron chi connectivity index (χ0n) is 12.6. The maximum atomic E-state index is 10.3. The van der Waals surface area contributed by atoms with E-state index in [9.17, 15) is 5.11 Å². The molecular formula is C18H23NO2. The van der Waals surface area contributed by atoms with Crippen LogP contribution in [0.1, 0.15) is 43.2 Å². The van der Waals surface area contributed by atoms with Crippen molar-refractivity contribution in [3.8, 4) is 11.5 Å². The first kappa shape index (κ1) is 12.3. The third-order valence-electron chi connectivity index (χ3n) is 6.73. The van der Waals surface area contributed by atoms with Crippen molar-refractivity contribution in [1.82, 2.24) is 4.90 Å². The van der Waals surface area contributed by atoms with Crippen molar-refractivity contribution < 1.29 is 9.84 Å². The third-order valence-corrected chi connectivity index (χ3v) is 6.73. The Morgan fingerprint density at radius 1 is 1.29 bits per heavy atom. The SMILES string of the molecule is CN1CCCC23c4c5ccc(O)c4OC2CCCC3C1C5. The summed E-state index contributed by atoms with van der Waals surface area (Å²) in [6.45, 7) is 1.20. The Hall–Kier alpha value is -1.22. The summed E-state index contributed by atoms with van der Waals surface area (Å²) >= 11 is 0. The molecule has 2 bridgehead atoms. The minimum absolute atomic E-state index is 0.190. The fourth-order valence-corrected chi connectivity index (χ4v) is 5.97. The van der Waals surface area contributed by atoms with Gasteiger partial charge in [-0.05, 0) is 69.7 Å². The summed E-state index contributed by atoms with van der Waals surface area (Å²) in [6.07, 6.45) is 7.65. The van der Waals surface area contributed by atoms with Gasteiger partial charge in [0.05, 0.1) is 0 Å². The molecule has 0 amide bonds. The van der Waals surface area contributed by atoms with E-state index in [4.69, 9.17) is 4.74 Å². The lowest BCUT2D eigenvalue weighted by molar-refractivity contribution is 0.0130. The zero-order valence-corrected chi connectivity index (χ0v) is 12.6. The predicted molar refractivity (Wildman–Crippen MR) is 80.9 cm³/mol. The van der Waals surface area contributed by atoms with Crippen molar-refractivity contribution in [2.24, 2.45) is 5.92 Å². The summed E-state index contributed by atoms with van der Waals surface area (Å²) in [5, 5.41) is 10.3. The molecule has 4 unspecified atom stereocenters. The number of ether oxygens (including phenoxy) is 1. The molecule has 4 atom stereocenters. The van der Waals surface area contributed by atoms with Gasteiger partial charge in [0.15, 0.2) is 11.5 Å². The molecule has 1 saturated heterocycles. The molecule has 1 spiro atoms. The van der Waals surface area contributed by atoms with Crippen molar-refractivity contribution in [1.29, 1.82) is 0 Å². The van der Waals surface area contributed by atoms with E-state index < -0.39 is 0 Å². The number of likely N-dealkylation sites (N-methyl/N-ethyl adjacent to an activating group) is 1. The van der Waals surface area contributed by atoms with Crippen molar-refractivity contribution in [2.45, 2.75) is 56.1 Å². The highest BCUT2D eigenvalue weighted by atomic mass is 16.5. The fourth-order valence-electron chi connectivity index (χ4n) is 5.97. The predicted octanol–water partition coefficient (Wildman–Crippen LogP) is 2.84. The Morgan fingerprint density at radius 2 is 2.19 bits per heavy atom. The molecule has 2 aliphatic carbocycles. The number of hydrogen-bond acceptors (Lipinski definition) is 3. The van der Waals surface area contributed by atoms with E-state index in [0.29, 0.717) is 23.8 Å². The van der Waals surface area contributed by atoms with Crippen LogP contribution in [0, 0.1) is 5.92 Å². The number of likely N-dealkylation sites (tertiary alicyclic amines) is 1. The standard InChI is InChI=1S/C18H23NO2/c1-19-9-3-8-18-12-4-2-5-15(18)21-17-14(20)7-6-11(16(17)18)10-13(12)19/h6-7,12-13,15,20H,2-5,8-10H2,1H3. The van der Waals surface area contributed by atoms with Crippen LogP contribution in [0.4, 0.5) is 0 Å². The number of benzene rings is 1. The second-order valence-corrected chi connectivity index (χ2v) is 7.49.